The predicted octanol–water partition coefficient (Wildman–Crippen LogP) is 1.22. The van der Waals surface area contributed by atoms with Crippen molar-refractivity contribution in [1.29, 1.82) is 0 Å². The Hall–Kier alpha value is -2.36. The number of terminal acetylenes is 1. The molecular weight excluding hydrogens is 224 g/mol. The van der Waals surface area contributed by atoms with Gasteiger partial charge in [-0.3, -0.25) is 10.1 Å². The molecular formula is C10H12N4O3. The number of nitrogens with one attached hydrogen (secondary N) is 1. The summed E-state index contributed by atoms with van der Waals surface area (Å²) in [7, 11) is 0. The van der Waals surface area contributed by atoms with Crippen molar-refractivity contribution in [1.82, 2.24) is 9.97 Å². The van der Waals surface area contributed by atoms with Crippen LogP contribution in [-0.2, 0) is 0 Å². The predicted molar refractivity (Wildman–Crippen MR) is 61.8 cm³/mol. The first kappa shape index (κ1) is 12.7. The summed E-state index contributed by atoms with van der Waals surface area (Å²) in [5.74, 6) is 2.38. The van der Waals surface area contributed by atoms with Gasteiger partial charge in [-0.15, -0.1) is 6.42 Å². The molecule has 0 spiro atoms. The molecule has 90 valence electrons. The van der Waals surface area contributed by atoms with Crippen molar-refractivity contribution in [3.63, 3.8) is 0 Å². The summed E-state index contributed by atoms with van der Waals surface area (Å²) >= 11 is 0. The summed E-state index contributed by atoms with van der Waals surface area (Å²) in [4.78, 5) is 17.8. The van der Waals surface area contributed by atoms with E-state index in [9.17, 15) is 10.1 Å². The van der Waals surface area contributed by atoms with E-state index in [-0.39, 0.29) is 24.1 Å². The van der Waals surface area contributed by atoms with Crippen LogP contribution in [0.3, 0.4) is 0 Å². The van der Waals surface area contributed by atoms with Crippen LogP contribution in [0.5, 0.6) is 5.88 Å². The Morgan fingerprint density at radius 1 is 1.71 bits per heavy atom. The van der Waals surface area contributed by atoms with E-state index in [1.165, 1.54) is 0 Å². The maximum Gasteiger partial charge on any atom is 0.349 e. The number of aromatic nitrogens is 2. The highest BCUT2D eigenvalue weighted by atomic mass is 16.6. The Labute approximate surface area is 98.4 Å². The number of nitro groups is 1. The molecule has 0 fully saturated rings. The van der Waals surface area contributed by atoms with Gasteiger partial charge in [0.2, 0.25) is 5.95 Å². The number of hydrogen-bond donors (Lipinski definition) is 1. The van der Waals surface area contributed by atoms with E-state index in [2.05, 4.69) is 21.2 Å². The maximum absolute atomic E-state index is 10.7. The van der Waals surface area contributed by atoms with Gasteiger partial charge in [-0.05, 0) is 6.42 Å². The van der Waals surface area contributed by atoms with Crippen molar-refractivity contribution in [2.75, 3.05) is 18.5 Å². The average Bonchev–Trinajstić information content (AvgIpc) is 2.33. The van der Waals surface area contributed by atoms with E-state index in [0.29, 0.717) is 6.54 Å². The highest BCUT2D eigenvalue weighted by molar-refractivity contribution is 5.43. The van der Waals surface area contributed by atoms with Crippen LogP contribution in [0, 0.1) is 22.5 Å². The third-order valence-corrected chi connectivity index (χ3v) is 1.76. The SMILES string of the molecule is C#CCOc1nc(NCCC)ncc1[N+](=O)[O-]. The zero-order chi connectivity index (χ0) is 12.7. The Balaban J connectivity index is 2.93. The van der Waals surface area contributed by atoms with Gasteiger partial charge >= 0.3 is 5.69 Å². The fourth-order valence-electron chi connectivity index (χ4n) is 1.02. The van der Waals surface area contributed by atoms with Crippen molar-refractivity contribution in [2.24, 2.45) is 0 Å². The van der Waals surface area contributed by atoms with Crippen LogP contribution in [0.2, 0.25) is 0 Å². The number of ether oxygens (including phenoxy) is 1. The normalized spacial score (nSPS) is 9.41. The molecule has 0 radical (unpaired) electrons. The third-order valence-electron chi connectivity index (χ3n) is 1.76. The Bertz CT molecular complexity index is 442. The van der Waals surface area contributed by atoms with Gasteiger partial charge in [0.05, 0.1) is 4.92 Å². The molecule has 0 unspecified atom stereocenters. The summed E-state index contributed by atoms with van der Waals surface area (Å²) < 4.78 is 5.00. The molecule has 17 heavy (non-hydrogen) atoms. The minimum atomic E-state index is -0.616. The topological polar surface area (TPSA) is 90.2 Å². The van der Waals surface area contributed by atoms with E-state index >= 15 is 0 Å². The number of rotatable bonds is 6. The summed E-state index contributed by atoms with van der Waals surface area (Å²) in [6.45, 7) is 2.58. The maximum atomic E-state index is 10.7. The first-order chi connectivity index (χ1) is 8.19. The average molecular weight is 236 g/mol. The van der Waals surface area contributed by atoms with Crippen molar-refractivity contribution in [3.8, 4) is 18.2 Å². The van der Waals surface area contributed by atoms with Gasteiger partial charge in [0.25, 0.3) is 5.88 Å². The highest BCUT2D eigenvalue weighted by Gasteiger charge is 2.18. The zero-order valence-electron chi connectivity index (χ0n) is 9.34. The Morgan fingerprint density at radius 3 is 3.06 bits per heavy atom. The summed E-state index contributed by atoms with van der Waals surface area (Å²) in [6.07, 6.45) is 7.00. The lowest BCUT2D eigenvalue weighted by atomic mass is 10.5. The Morgan fingerprint density at radius 2 is 2.47 bits per heavy atom. The highest BCUT2D eigenvalue weighted by Crippen LogP contribution is 2.24. The van der Waals surface area contributed by atoms with Gasteiger partial charge in [-0.25, -0.2) is 4.98 Å². The van der Waals surface area contributed by atoms with Crippen molar-refractivity contribution < 1.29 is 9.66 Å². The number of hydrogen-bond acceptors (Lipinski definition) is 6. The fourth-order valence-corrected chi connectivity index (χ4v) is 1.02. The van der Waals surface area contributed by atoms with E-state index in [1.54, 1.807) is 0 Å². The van der Waals surface area contributed by atoms with Crippen LogP contribution in [0.25, 0.3) is 0 Å². The third kappa shape index (κ3) is 3.61. The molecule has 1 N–H and O–H groups in total. The molecule has 0 aromatic carbocycles. The zero-order valence-corrected chi connectivity index (χ0v) is 9.34. The second-order valence-corrected chi connectivity index (χ2v) is 3.06. The molecule has 1 aromatic rings. The minimum absolute atomic E-state index is 0.0783. The van der Waals surface area contributed by atoms with E-state index < -0.39 is 4.92 Å². The summed E-state index contributed by atoms with van der Waals surface area (Å²) in [6, 6.07) is 0. The second-order valence-electron chi connectivity index (χ2n) is 3.06. The molecule has 7 nitrogen and oxygen atoms in total. The Kier molecular flexibility index (Phi) is 4.69. The van der Waals surface area contributed by atoms with Gasteiger partial charge in [0.15, 0.2) is 6.61 Å². The van der Waals surface area contributed by atoms with Gasteiger partial charge < -0.3 is 10.1 Å². The molecule has 0 bridgehead atoms. The summed E-state index contributed by atoms with van der Waals surface area (Å²) in [5, 5.41) is 13.6. The largest absolute Gasteiger partial charge is 0.460 e. The van der Waals surface area contributed by atoms with Crippen LogP contribution < -0.4 is 10.1 Å². The molecule has 0 saturated heterocycles. The molecule has 0 amide bonds. The smallest absolute Gasteiger partial charge is 0.349 e. The number of anilines is 1. The van der Waals surface area contributed by atoms with Crippen molar-refractivity contribution in [3.05, 3.63) is 16.3 Å². The van der Waals surface area contributed by atoms with Gasteiger partial charge in [-0.2, -0.15) is 4.98 Å². The molecule has 0 aliphatic carbocycles. The second kappa shape index (κ2) is 6.27. The van der Waals surface area contributed by atoms with Crippen LogP contribution in [-0.4, -0.2) is 28.0 Å². The van der Waals surface area contributed by atoms with Gasteiger partial charge in [-0.1, -0.05) is 12.8 Å². The van der Waals surface area contributed by atoms with Crippen LogP contribution in [0.1, 0.15) is 13.3 Å². The monoisotopic (exact) mass is 236 g/mol. The lowest BCUT2D eigenvalue weighted by molar-refractivity contribution is -0.386. The van der Waals surface area contributed by atoms with E-state index in [4.69, 9.17) is 11.2 Å². The van der Waals surface area contributed by atoms with E-state index in [0.717, 1.165) is 12.6 Å². The minimum Gasteiger partial charge on any atom is -0.460 e. The molecule has 0 aliphatic heterocycles. The molecule has 0 aliphatic rings. The lowest BCUT2D eigenvalue weighted by Crippen LogP contribution is -2.07. The van der Waals surface area contributed by atoms with Crippen molar-refractivity contribution >= 4 is 11.6 Å². The molecule has 1 aromatic heterocycles. The number of nitrogens with zero attached hydrogens (tertiary/aromatic N) is 3. The van der Waals surface area contributed by atoms with Crippen LogP contribution >= 0.6 is 0 Å². The quantitative estimate of drug-likeness (QED) is 0.453. The fraction of sp³-hybridized carbons (Fsp3) is 0.400. The summed E-state index contributed by atoms with van der Waals surface area (Å²) in [5.41, 5.74) is -0.303. The van der Waals surface area contributed by atoms with Crippen molar-refractivity contribution in [2.45, 2.75) is 13.3 Å². The first-order valence-corrected chi connectivity index (χ1v) is 5.00. The molecule has 1 rings (SSSR count). The lowest BCUT2D eigenvalue weighted by Gasteiger charge is -2.05. The molecule has 0 atom stereocenters. The standard InChI is InChI=1S/C10H12N4O3/c1-3-5-11-10-12-7-8(14(15)16)9(13-10)17-6-4-2/h2,7H,3,5-6H2,1H3,(H,11,12,13). The van der Waals surface area contributed by atoms with Crippen LogP contribution in [0.4, 0.5) is 11.6 Å². The first-order valence-electron chi connectivity index (χ1n) is 5.00. The van der Waals surface area contributed by atoms with Gasteiger partial charge in [0, 0.05) is 6.54 Å². The van der Waals surface area contributed by atoms with Gasteiger partial charge in [0.1, 0.15) is 6.20 Å². The molecule has 1 heterocycles. The van der Waals surface area contributed by atoms with E-state index in [1.807, 2.05) is 6.92 Å². The molecule has 0 saturated carbocycles. The van der Waals surface area contributed by atoms with Crippen LogP contribution in [0.15, 0.2) is 6.20 Å². The molecule has 7 heteroatoms.